The fraction of sp³-hybridized carbons (Fsp3) is 0.200. The fourth-order valence-corrected chi connectivity index (χ4v) is 3.81. The monoisotopic (exact) mass is 386 g/mol. The molecule has 3 heteroatoms. The second-order valence-electron chi connectivity index (χ2n) is 4.39. The highest BCUT2D eigenvalue weighted by molar-refractivity contribution is 9.10. The molecule has 0 N–H and O–H groups in total. The van der Waals surface area contributed by atoms with Crippen LogP contribution in [0.5, 0.6) is 0 Å². The molecule has 94 valence electrons. The summed E-state index contributed by atoms with van der Waals surface area (Å²) in [6.07, 6.45) is 0. The number of hydrogen-bond donors (Lipinski definition) is 0. The van der Waals surface area contributed by atoms with Gasteiger partial charge in [-0.3, -0.25) is 0 Å². The summed E-state index contributed by atoms with van der Waals surface area (Å²) in [4.78, 5) is 0.124. The van der Waals surface area contributed by atoms with Gasteiger partial charge in [-0.05, 0) is 42.7 Å². The standard InChI is InChI=1S/C15H13Br2Cl/c1-9-3-5-12(10(2)7-9)15(17)13-6-4-11(16)8-14(13)18/h3-8,15H,1-2H3. The van der Waals surface area contributed by atoms with Crippen LogP contribution in [0, 0.1) is 13.8 Å². The summed E-state index contributed by atoms with van der Waals surface area (Å²) in [5, 5.41) is 0.770. The number of halogens is 3. The third kappa shape index (κ3) is 2.98. The van der Waals surface area contributed by atoms with Crippen molar-refractivity contribution >= 4 is 43.5 Å². The van der Waals surface area contributed by atoms with E-state index in [1.54, 1.807) is 0 Å². The Morgan fingerprint density at radius 2 is 1.67 bits per heavy atom. The molecule has 0 bridgehead atoms. The van der Waals surface area contributed by atoms with E-state index in [2.05, 4.69) is 63.9 Å². The van der Waals surface area contributed by atoms with Gasteiger partial charge < -0.3 is 0 Å². The maximum atomic E-state index is 6.30. The van der Waals surface area contributed by atoms with Crippen molar-refractivity contribution in [2.75, 3.05) is 0 Å². The Morgan fingerprint density at radius 1 is 1.00 bits per heavy atom. The summed E-state index contributed by atoms with van der Waals surface area (Å²) >= 11 is 13.5. The van der Waals surface area contributed by atoms with Crippen molar-refractivity contribution < 1.29 is 0 Å². The van der Waals surface area contributed by atoms with E-state index < -0.39 is 0 Å². The van der Waals surface area contributed by atoms with Crippen LogP contribution in [-0.2, 0) is 0 Å². The number of benzene rings is 2. The summed E-state index contributed by atoms with van der Waals surface area (Å²) in [6, 6.07) is 12.5. The van der Waals surface area contributed by atoms with Gasteiger partial charge >= 0.3 is 0 Å². The average Bonchev–Trinajstić information content (AvgIpc) is 2.28. The Labute approximate surface area is 130 Å². The lowest BCUT2D eigenvalue weighted by Crippen LogP contribution is -1.97. The van der Waals surface area contributed by atoms with Crippen LogP contribution < -0.4 is 0 Å². The zero-order chi connectivity index (χ0) is 13.3. The summed E-state index contributed by atoms with van der Waals surface area (Å²) in [6.45, 7) is 4.23. The van der Waals surface area contributed by atoms with Gasteiger partial charge in [0.2, 0.25) is 0 Å². The topological polar surface area (TPSA) is 0 Å². The lowest BCUT2D eigenvalue weighted by atomic mass is 9.99. The van der Waals surface area contributed by atoms with Crippen LogP contribution in [0.4, 0.5) is 0 Å². The molecule has 0 aliphatic rings. The quantitative estimate of drug-likeness (QED) is 0.537. The minimum Gasteiger partial charge on any atom is -0.0839 e. The van der Waals surface area contributed by atoms with Crippen molar-refractivity contribution in [3.05, 3.63) is 68.1 Å². The molecule has 2 rings (SSSR count). The van der Waals surface area contributed by atoms with Gasteiger partial charge in [-0.15, -0.1) is 0 Å². The molecule has 0 fully saturated rings. The van der Waals surface area contributed by atoms with Crippen LogP contribution in [-0.4, -0.2) is 0 Å². The predicted octanol–water partition coefficient (Wildman–Crippen LogP) is 6.20. The molecular weight excluding hydrogens is 375 g/mol. The van der Waals surface area contributed by atoms with E-state index in [0.29, 0.717) is 0 Å². The zero-order valence-electron chi connectivity index (χ0n) is 10.2. The van der Waals surface area contributed by atoms with Crippen LogP contribution in [0.25, 0.3) is 0 Å². The van der Waals surface area contributed by atoms with Crippen LogP contribution >= 0.6 is 43.5 Å². The first kappa shape index (κ1) is 14.1. The normalized spacial score (nSPS) is 12.5. The molecule has 0 nitrogen and oxygen atoms in total. The molecule has 0 spiro atoms. The largest absolute Gasteiger partial charge is 0.0839 e. The minimum absolute atomic E-state index is 0.124. The van der Waals surface area contributed by atoms with E-state index in [-0.39, 0.29) is 4.83 Å². The maximum Gasteiger partial charge on any atom is 0.0661 e. The maximum absolute atomic E-state index is 6.30. The number of hydrogen-bond acceptors (Lipinski definition) is 0. The molecule has 0 aliphatic heterocycles. The van der Waals surface area contributed by atoms with Gasteiger partial charge in [0.05, 0.1) is 4.83 Å². The van der Waals surface area contributed by atoms with Gasteiger partial charge in [-0.2, -0.15) is 0 Å². The first-order valence-corrected chi connectivity index (χ1v) is 7.74. The van der Waals surface area contributed by atoms with Crippen LogP contribution in [0.1, 0.15) is 27.1 Å². The van der Waals surface area contributed by atoms with Gasteiger partial charge in [0, 0.05) is 9.50 Å². The van der Waals surface area contributed by atoms with Gasteiger partial charge in [0.15, 0.2) is 0 Å². The Kier molecular flexibility index (Phi) is 4.52. The second kappa shape index (κ2) is 5.77. The Morgan fingerprint density at radius 3 is 2.28 bits per heavy atom. The molecule has 18 heavy (non-hydrogen) atoms. The SMILES string of the molecule is Cc1ccc(C(Br)c2ccc(Br)cc2Cl)c(C)c1. The second-order valence-corrected chi connectivity index (χ2v) is 6.63. The summed E-state index contributed by atoms with van der Waals surface area (Å²) in [7, 11) is 0. The molecular formula is C15H13Br2Cl. The zero-order valence-corrected chi connectivity index (χ0v) is 14.1. The Bertz CT molecular complexity index is 527. The van der Waals surface area contributed by atoms with Crippen molar-refractivity contribution in [2.45, 2.75) is 18.7 Å². The highest BCUT2D eigenvalue weighted by atomic mass is 79.9. The summed E-state index contributed by atoms with van der Waals surface area (Å²) in [5.74, 6) is 0. The Hall–Kier alpha value is -0.310. The fourth-order valence-electron chi connectivity index (χ4n) is 1.98. The molecule has 0 heterocycles. The number of rotatable bonds is 2. The molecule has 0 amide bonds. The Balaban J connectivity index is 2.44. The van der Waals surface area contributed by atoms with Gasteiger partial charge in [0.25, 0.3) is 0 Å². The van der Waals surface area contributed by atoms with Crippen molar-refractivity contribution in [3.63, 3.8) is 0 Å². The van der Waals surface area contributed by atoms with Crippen molar-refractivity contribution in [1.29, 1.82) is 0 Å². The highest BCUT2D eigenvalue weighted by Crippen LogP contribution is 2.37. The summed E-state index contributed by atoms with van der Waals surface area (Å²) in [5.41, 5.74) is 4.89. The van der Waals surface area contributed by atoms with E-state index in [1.165, 1.54) is 16.7 Å². The molecule has 1 atom stereocenters. The smallest absolute Gasteiger partial charge is 0.0661 e. The lowest BCUT2D eigenvalue weighted by molar-refractivity contribution is 1.13. The van der Waals surface area contributed by atoms with E-state index in [1.807, 2.05) is 18.2 Å². The van der Waals surface area contributed by atoms with Crippen molar-refractivity contribution in [2.24, 2.45) is 0 Å². The molecule has 2 aromatic rings. The molecule has 0 aliphatic carbocycles. The first-order chi connectivity index (χ1) is 8.49. The molecule has 0 saturated carbocycles. The third-order valence-corrected chi connectivity index (χ3v) is 4.74. The predicted molar refractivity (Wildman–Crippen MR) is 85.8 cm³/mol. The molecule has 1 unspecified atom stereocenters. The highest BCUT2D eigenvalue weighted by Gasteiger charge is 2.15. The van der Waals surface area contributed by atoms with E-state index in [0.717, 1.165) is 15.1 Å². The lowest BCUT2D eigenvalue weighted by Gasteiger charge is -2.15. The minimum atomic E-state index is 0.124. The number of aryl methyl sites for hydroxylation is 2. The first-order valence-electron chi connectivity index (χ1n) is 5.65. The third-order valence-electron chi connectivity index (χ3n) is 2.93. The molecule has 2 aromatic carbocycles. The van der Waals surface area contributed by atoms with Crippen LogP contribution in [0.2, 0.25) is 5.02 Å². The molecule has 0 aromatic heterocycles. The summed E-state index contributed by atoms with van der Waals surface area (Å²) < 4.78 is 0.997. The van der Waals surface area contributed by atoms with Crippen LogP contribution in [0.15, 0.2) is 40.9 Å². The van der Waals surface area contributed by atoms with E-state index in [9.17, 15) is 0 Å². The van der Waals surface area contributed by atoms with E-state index >= 15 is 0 Å². The average molecular weight is 389 g/mol. The van der Waals surface area contributed by atoms with Gasteiger partial charge in [-0.1, -0.05) is 73.3 Å². The van der Waals surface area contributed by atoms with Gasteiger partial charge in [-0.25, -0.2) is 0 Å². The van der Waals surface area contributed by atoms with Gasteiger partial charge in [0.1, 0.15) is 0 Å². The van der Waals surface area contributed by atoms with Crippen molar-refractivity contribution in [1.82, 2.24) is 0 Å². The molecule has 0 saturated heterocycles. The number of alkyl halides is 1. The van der Waals surface area contributed by atoms with Crippen molar-refractivity contribution in [3.8, 4) is 0 Å². The molecule has 0 radical (unpaired) electrons. The van der Waals surface area contributed by atoms with E-state index in [4.69, 9.17) is 11.6 Å². The van der Waals surface area contributed by atoms with Crippen LogP contribution in [0.3, 0.4) is 0 Å².